The van der Waals surface area contributed by atoms with E-state index in [4.69, 9.17) is 25.2 Å². The molecule has 3 aliphatic rings. The monoisotopic (exact) mass is 461 g/mol. The SMILES string of the molecule is C[C@@H]1COCCN1c1nc(-c2cnc(N)cc2C(F)F)nc(N2CCOCC23CCCC3)n1. The van der Waals surface area contributed by atoms with Crippen molar-refractivity contribution in [3.05, 3.63) is 17.8 Å². The lowest BCUT2D eigenvalue weighted by molar-refractivity contribution is 0.0511. The summed E-state index contributed by atoms with van der Waals surface area (Å²) in [7, 11) is 0. The van der Waals surface area contributed by atoms with Crippen molar-refractivity contribution in [1.29, 1.82) is 0 Å². The first-order valence-electron chi connectivity index (χ1n) is 11.5. The number of alkyl halides is 2. The molecule has 2 N–H and O–H groups in total. The van der Waals surface area contributed by atoms with Crippen LogP contribution in [0.5, 0.6) is 0 Å². The van der Waals surface area contributed by atoms with Gasteiger partial charge in [0.2, 0.25) is 11.9 Å². The number of hydrogen-bond acceptors (Lipinski definition) is 9. The summed E-state index contributed by atoms with van der Waals surface area (Å²) in [5.41, 5.74) is 5.45. The standard InChI is InChI=1S/C22H29F2N7O2/c1-14-12-32-8-6-30(14)20-27-19(16-11-26-17(25)10-15(16)18(23)24)28-21(29-20)31-7-9-33-13-22(31)4-2-3-5-22/h10-11,14,18H,2-9,12-13H2,1H3,(H2,25,26)/t14-/m1/s1. The Kier molecular flexibility index (Phi) is 6.00. The maximum absolute atomic E-state index is 13.9. The third kappa shape index (κ3) is 4.19. The number of nitrogens with zero attached hydrogens (tertiary/aromatic N) is 6. The van der Waals surface area contributed by atoms with E-state index < -0.39 is 6.43 Å². The van der Waals surface area contributed by atoms with Crippen LogP contribution >= 0.6 is 0 Å². The fraction of sp³-hybridized carbons (Fsp3) is 0.636. The molecule has 1 aliphatic carbocycles. The molecule has 178 valence electrons. The summed E-state index contributed by atoms with van der Waals surface area (Å²) in [5, 5.41) is 0. The van der Waals surface area contributed by atoms with Gasteiger partial charge in [-0.05, 0) is 25.8 Å². The number of ether oxygens (including phenoxy) is 2. The third-order valence-corrected chi connectivity index (χ3v) is 6.85. The highest BCUT2D eigenvalue weighted by molar-refractivity contribution is 5.64. The molecular formula is C22H29F2N7O2. The van der Waals surface area contributed by atoms with Gasteiger partial charge in [0.05, 0.1) is 38.0 Å². The van der Waals surface area contributed by atoms with Crippen LogP contribution in [-0.2, 0) is 9.47 Å². The number of aromatic nitrogens is 4. The molecule has 0 radical (unpaired) electrons. The van der Waals surface area contributed by atoms with Crippen LogP contribution in [0, 0.1) is 0 Å². The molecule has 1 atom stereocenters. The van der Waals surface area contributed by atoms with Gasteiger partial charge < -0.3 is 25.0 Å². The summed E-state index contributed by atoms with van der Waals surface area (Å²) in [4.78, 5) is 22.5. The summed E-state index contributed by atoms with van der Waals surface area (Å²) in [6.07, 6.45) is 2.80. The van der Waals surface area contributed by atoms with Gasteiger partial charge in [-0.25, -0.2) is 13.8 Å². The molecule has 2 saturated heterocycles. The lowest BCUT2D eigenvalue weighted by atomic mass is 9.95. The van der Waals surface area contributed by atoms with E-state index in [1.165, 1.54) is 12.3 Å². The van der Waals surface area contributed by atoms with E-state index in [1.807, 2.05) is 11.8 Å². The smallest absolute Gasteiger partial charge is 0.264 e. The van der Waals surface area contributed by atoms with Crippen molar-refractivity contribution in [1.82, 2.24) is 19.9 Å². The molecule has 2 aliphatic heterocycles. The molecule has 4 heterocycles. The third-order valence-electron chi connectivity index (χ3n) is 6.85. The summed E-state index contributed by atoms with van der Waals surface area (Å²) in [5.74, 6) is 1.16. The molecule has 0 unspecified atom stereocenters. The van der Waals surface area contributed by atoms with Crippen LogP contribution in [0.4, 0.5) is 26.5 Å². The first kappa shape index (κ1) is 22.1. The predicted molar refractivity (Wildman–Crippen MR) is 119 cm³/mol. The molecule has 1 saturated carbocycles. The number of anilines is 3. The minimum Gasteiger partial charge on any atom is -0.384 e. The number of nitrogens with two attached hydrogens (primary N) is 1. The molecule has 9 nitrogen and oxygen atoms in total. The normalized spacial score (nSPS) is 23.0. The fourth-order valence-corrected chi connectivity index (χ4v) is 5.10. The van der Waals surface area contributed by atoms with E-state index >= 15 is 0 Å². The van der Waals surface area contributed by atoms with Gasteiger partial charge in [-0.2, -0.15) is 15.0 Å². The van der Waals surface area contributed by atoms with Gasteiger partial charge in [0, 0.05) is 30.4 Å². The highest BCUT2D eigenvalue weighted by atomic mass is 19.3. The van der Waals surface area contributed by atoms with E-state index in [0.717, 1.165) is 25.7 Å². The van der Waals surface area contributed by atoms with Crippen molar-refractivity contribution < 1.29 is 18.3 Å². The van der Waals surface area contributed by atoms with Crippen LogP contribution in [0.15, 0.2) is 12.3 Å². The highest BCUT2D eigenvalue weighted by Crippen LogP contribution is 2.40. The van der Waals surface area contributed by atoms with Crippen LogP contribution in [0.2, 0.25) is 0 Å². The highest BCUT2D eigenvalue weighted by Gasteiger charge is 2.44. The molecule has 0 aromatic carbocycles. The van der Waals surface area contributed by atoms with E-state index in [-0.39, 0.29) is 34.3 Å². The predicted octanol–water partition coefficient (Wildman–Crippen LogP) is 2.83. The average molecular weight is 462 g/mol. The first-order chi connectivity index (χ1) is 16.0. The number of rotatable bonds is 4. The number of morpholine rings is 2. The van der Waals surface area contributed by atoms with Gasteiger partial charge in [0.1, 0.15) is 5.82 Å². The zero-order valence-corrected chi connectivity index (χ0v) is 18.7. The molecule has 3 fully saturated rings. The van der Waals surface area contributed by atoms with Crippen molar-refractivity contribution in [3.8, 4) is 11.4 Å². The lowest BCUT2D eigenvalue weighted by Gasteiger charge is -2.45. The van der Waals surface area contributed by atoms with Gasteiger partial charge in [-0.15, -0.1) is 0 Å². The molecule has 2 aromatic rings. The Balaban J connectivity index is 1.65. The van der Waals surface area contributed by atoms with Crippen LogP contribution in [0.3, 0.4) is 0 Å². The van der Waals surface area contributed by atoms with E-state index in [9.17, 15) is 8.78 Å². The van der Waals surface area contributed by atoms with Crippen molar-refractivity contribution in [2.45, 2.75) is 50.6 Å². The zero-order valence-electron chi connectivity index (χ0n) is 18.7. The fourth-order valence-electron chi connectivity index (χ4n) is 5.10. The van der Waals surface area contributed by atoms with Crippen LogP contribution in [-0.4, -0.2) is 71.0 Å². The van der Waals surface area contributed by atoms with Gasteiger partial charge in [0.15, 0.2) is 5.82 Å². The van der Waals surface area contributed by atoms with Crippen LogP contribution < -0.4 is 15.5 Å². The van der Waals surface area contributed by atoms with Crippen molar-refractivity contribution in [3.63, 3.8) is 0 Å². The lowest BCUT2D eigenvalue weighted by Crippen LogP contribution is -2.56. The Morgan fingerprint density at radius 2 is 1.85 bits per heavy atom. The zero-order chi connectivity index (χ0) is 23.0. The van der Waals surface area contributed by atoms with Crippen LogP contribution in [0.1, 0.15) is 44.6 Å². The maximum Gasteiger partial charge on any atom is 0.264 e. The molecule has 5 rings (SSSR count). The molecule has 11 heteroatoms. The second-order valence-corrected chi connectivity index (χ2v) is 9.01. The Hall–Kier alpha value is -2.66. The quantitative estimate of drug-likeness (QED) is 0.736. The van der Waals surface area contributed by atoms with E-state index in [0.29, 0.717) is 51.4 Å². The van der Waals surface area contributed by atoms with Gasteiger partial charge in [0.25, 0.3) is 6.43 Å². The Bertz CT molecular complexity index is 1000. The van der Waals surface area contributed by atoms with Gasteiger partial charge in [-0.3, -0.25) is 0 Å². The molecule has 33 heavy (non-hydrogen) atoms. The van der Waals surface area contributed by atoms with E-state index in [1.54, 1.807) is 0 Å². The number of halogens is 2. The average Bonchev–Trinajstić information content (AvgIpc) is 3.27. The second-order valence-electron chi connectivity index (χ2n) is 9.01. The topological polar surface area (TPSA) is 103 Å². The Morgan fingerprint density at radius 1 is 1.09 bits per heavy atom. The summed E-state index contributed by atoms with van der Waals surface area (Å²) < 4.78 is 39.2. The first-order valence-corrected chi connectivity index (χ1v) is 11.5. The molecule has 1 spiro atoms. The number of hydrogen-bond donors (Lipinski definition) is 1. The van der Waals surface area contributed by atoms with Gasteiger partial charge >= 0.3 is 0 Å². The molecule has 0 bridgehead atoms. The Morgan fingerprint density at radius 3 is 2.61 bits per heavy atom. The largest absolute Gasteiger partial charge is 0.384 e. The minimum absolute atomic E-state index is 0.0310. The minimum atomic E-state index is -2.74. The van der Waals surface area contributed by atoms with Crippen molar-refractivity contribution in [2.75, 3.05) is 55.1 Å². The summed E-state index contributed by atoms with van der Waals surface area (Å²) >= 11 is 0. The molecular weight excluding hydrogens is 432 g/mol. The van der Waals surface area contributed by atoms with Gasteiger partial charge in [-0.1, -0.05) is 12.8 Å². The Labute approximate surface area is 191 Å². The molecule has 2 aromatic heterocycles. The van der Waals surface area contributed by atoms with Crippen LogP contribution in [0.25, 0.3) is 11.4 Å². The maximum atomic E-state index is 13.9. The molecule has 0 amide bonds. The van der Waals surface area contributed by atoms with Crippen molar-refractivity contribution >= 4 is 17.7 Å². The van der Waals surface area contributed by atoms with Crippen molar-refractivity contribution in [2.24, 2.45) is 0 Å². The number of pyridine rings is 1. The second kappa shape index (κ2) is 8.94. The summed E-state index contributed by atoms with van der Waals surface area (Å²) in [6.45, 7) is 5.56. The van der Waals surface area contributed by atoms with E-state index in [2.05, 4.69) is 14.9 Å². The summed E-state index contributed by atoms with van der Waals surface area (Å²) in [6, 6.07) is 1.24. The number of nitrogen functional groups attached to an aromatic ring is 1.